The van der Waals surface area contributed by atoms with Gasteiger partial charge in [-0.3, -0.25) is 9.69 Å². The molecule has 31 heavy (non-hydrogen) atoms. The highest BCUT2D eigenvalue weighted by Crippen LogP contribution is 2.37. The normalized spacial score (nSPS) is 22.8. The number of tetrazole rings is 1. The summed E-state index contributed by atoms with van der Waals surface area (Å²) in [5.74, 6) is 1.64. The maximum Gasteiger partial charge on any atom is 0.219 e. The number of carbonyl (C=O) groups is 1. The minimum atomic E-state index is -0.326. The smallest absolute Gasteiger partial charge is 0.219 e. The molecule has 1 atom stereocenters. The summed E-state index contributed by atoms with van der Waals surface area (Å²) in [5, 5.41) is 13.0. The van der Waals surface area contributed by atoms with Gasteiger partial charge in [0.2, 0.25) is 5.91 Å². The molecule has 0 bridgehead atoms. The summed E-state index contributed by atoms with van der Waals surface area (Å²) < 4.78 is 1.99. The summed E-state index contributed by atoms with van der Waals surface area (Å²) in [4.78, 5) is 19.3. The molecule has 0 saturated carbocycles. The van der Waals surface area contributed by atoms with Crippen molar-refractivity contribution in [2.24, 2.45) is 5.92 Å². The molecular weight excluding hydrogens is 390 g/mol. The van der Waals surface area contributed by atoms with Gasteiger partial charge in [0, 0.05) is 58.4 Å². The molecule has 2 aliphatic heterocycles. The first kappa shape index (κ1) is 21.7. The van der Waals surface area contributed by atoms with Gasteiger partial charge in [-0.25, -0.2) is 4.68 Å². The van der Waals surface area contributed by atoms with E-state index in [0.717, 1.165) is 64.4 Å². The van der Waals surface area contributed by atoms with E-state index in [0.29, 0.717) is 12.5 Å². The number of aryl methyl sites for hydroxylation is 1. The summed E-state index contributed by atoms with van der Waals surface area (Å²) >= 11 is 0. The second-order valence-electron chi connectivity index (χ2n) is 9.29. The first-order valence-electron chi connectivity index (χ1n) is 11.6. The van der Waals surface area contributed by atoms with Crippen molar-refractivity contribution in [3.63, 3.8) is 0 Å². The SMILES string of the molecule is CC(=O)N1CCCC(c2nnnn2CCC(C)C)(N2CCN(c3ccccc3)CC2)C1. The van der Waals surface area contributed by atoms with Gasteiger partial charge in [-0.05, 0) is 47.7 Å². The number of hydrogen-bond acceptors (Lipinski definition) is 6. The fourth-order valence-corrected chi connectivity index (χ4v) is 4.99. The van der Waals surface area contributed by atoms with Crippen LogP contribution < -0.4 is 4.90 Å². The Morgan fingerprint density at radius 1 is 1.10 bits per heavy atom. The molecule has 2 fully saturated rings. The Morgan fingerprint density at radius 3 is 2.52 bits per heavy atom. The van der Waals surface area contributed by atoms with E-state index >= 15 is 0 Å². The van der Waals surface area contributed by atoms with Crippen LogP contribution >= 0.6 is 0 Å². The van der Waals surface area contributed by atoms with E-state index in [9.17, 15) is 4.79 Å². The molecule has 168 valence electrons. The van der Waals surface area contributed by atoms with Crippen LogP contribution in [0.1, 0.15) is 45.9 Å². The number of rotatable bonds is 6. The van der Waals surface area contributed by atoms with E-state index in [-0.39, 0.29) is 11.4 Å². The number of likely N-dealkylation sites (tertiary alicyclic amines) is 1. The highest BCUT2D eigenvalue weighted by molar-refractivity contribution is 5.73. The average molecular weight is 426 g/mol. The van der Waals surface area contributed by atoms with Crippen LogP contribution in [0, 0.1) is 5.92 Å². The number of nitrogens with zero attached hydrogens (tertiary/aromatic N) is 7. The van der Waals surface area contributed by atoms with Crippen molar-refractivity contribution >= 4 is 11.6 Å². The predicted molar refractivity (Wildman–Crippen MR) is 121 cm³/mol. The zero-order valence-electron chi connectivity index (χ0n) is 19.1. The minimum Gasteiger partial charge on any atom is -0.369 e. The van der Waals surface area contributed by atoms with Gasteiger partial charge < -0.3 is 9.80 Å². The lowest BCUT2D eigenvalue weighted by Crippen LogP contribution is -2.62. The van der Waals surface area contributed by atoms with Crippen molar-refractivity contribution < 1.29 is 4.79 Å². The number of piperidine rings is 1. The van der Waals surface area contributed by atoms with Gasteiger partial charge in [0.05, 0.1) is 0 Å². The maximum atomic E-state index is 12.3. The molecule has 0 N–H and O–H groups in total. The fraction of sp³-hybridized carbons (Fsp3) is 0.652. The average Bonchev–Trinajstić information content (AvgIpc) is 3.28. The minimum absolute atomic E-state index is 0.133. The molecular formula is C23H35N7O. The molecule has 3 heterocycles. The number of aromatic nitrogens is 4. The Bertz CT molecular complexity index is 860. The van der Waals surface area contributed by atoms with Gasteiger partial charge in [0.1, 0.15) is 5.54 Å². The first-order chi connectivity index (χ1) is 15.0. The highest BCUT2D eigenvalue weighted by atomic mass is 16.2. The molecule has 0 radical (unpaired) electrons. The maximum absolute atomic E-state index is 12.3. The zero-order chi connectivity index (χ0) is 21.8. The molecule has 8 heteroatoms. The first-order valence-corrected chi connectivity index (χ1v) is 11.6. The Kier molecular flexibility index (Phi) is 6.55. The standard InChI is InChI=1S/C23H35N7O/c1-19(2)10-13-30-22(24-25-26-30)23(11-7-12-28(18-23)20(3)31)29-16-14-27(15-17-29)21-8-5-4-6-9-21/h4-6,8-9,19H,7,10-18H2,1-3H3. The van der Waals surface area contributed by atoms with Crippen LogP contribution in [-0.2, 0) is 16.9 Å². The number of amides is 1. The van der Waals surface area contributed by atoms with E-state index in [1.807, 2.05) is 9.58 Å². The summed E-state index contributed by atoms with van der Waals surface area (Å²) in [6.07, 6.45) is 2.98. The number of benzene rings is 1. The number of carbonyl (C=O) groups excluding carboxylic acids is 1. The van der Waals surface area contributed by atoms with E-state index in [2.05, 4.69) is 69.5 Å². The lowest BCUT2D eigenvalue weighted by molar-refractivity contribution is -0.134. The lowest BCUT2D eigenvalue weighted by Gasteiger charge is -2.51. The van der Waals surface area contributed by atoms with Gasteiger partial charge in [-0.1, -0.05) is 32.0 Å². The van der Waals surface area contributed by atoms with Gasteiger partial charge in [-0.15, -0.1) is 5.10 Å². The molecule has 0 aliphatic carbocycles. The monoisotopic (exact) mass is 425 g/mol. The Balaban J connectivity index is 1.60. The van der Waals surface area contributed by atoms with Crippen LogP contribution in [0.25, 0.3) is 0 Å². The molecule has 2 aliphatic rings. The molecule has 4 rings (SSSR count). The van der Waals surface area contributed by atoms with Crippen LogP contribution in [-0.4, -0.2) is 75.2 Å². The van der Waals surface area contributed by atoms with E-state index < -0.39 is 0 Å². The Labute approximate surface area is 185 Å². The number of piperazine rings is 1. The number of anilines is 1. The van der Waals surface area contributed by atoms with Crippen LogP contribution in [0.4, 0.5) is 5.69 Å². The van der Waals surface area contributed by atoms with Crippen molar-refractivity contribution in [2.75, 3.05) is 44.2 Å². The van der Waals surface area contributed by atoms with Crippen LogP contribution in [0.3, 0.4) is 0 Å². The van der Waals surface area contributed by atoms with Gasteiger partial charge >= 0.3 is 0 Å². The summed E-state index contributed by atoms with van der Waals surface area (Å²) in [5.41, 5.74) is 0.944. The van der Waals surface area contributed by atoms with Crippen molar-refractivity contribution in [1.29, 1.82) is 0 Å². The van der Waals surface area contributed by atoms with Crippen LogP contribution in [0.15, 0.2) is 30.3 Å². The van der Waals surface area contributed by atoms with E-state index in [1.54, 1.807) is 6.92 Å². The zero-order valence-corrected chi connectivity index (χ0v) is 19.1. The van der Waals surface area contributed by atoms with E-state index in [4.69, 9.17) is 0 Å². The molecule has 1 amide bonds. The molecule has 1 aromatic carbocycles. The van der Waals surface area contributed by atoms with Gasteiger partial charge in [0.15, 0.2) is 5.82 Å². The largest absolute Gasteiger partial charge is 0.369 e. The third kappa shape index (κ3) is 4.59. The number of para-hydroxylation sites is 1. The summed E-state index contributed by atoms with van der Waals surface area (Å²) in [7, 11) is 0. The second-order valence-corrected chi connectivity index (χ2v) is 9.29. The quantitative estimate of drug-likeness (QED) is 0.708. The van der Waals surface area contributed by atoms with Crippen LogP contribution in [0.5, 0.6) is 0 Å². The molecule has 2 saturated heterocycles. The molecule has 1 unspecified atom stereocenters. The van der Waals surface area contributed by atoms with Crippen LogP contribution in [0.2, 0.25) is 0 Å². The summed E-state index contributed by atoms with van der Waals surface area (Å²) in [6.45, 7) is 12.2. The predicted octanol–water partition coefficient (Wildman–Crippen LogP) is 2.38. The Hall–Kier alpha value is -2.48. The number of hydrogen-bond donors (Lipinski definition) is 0. The molecule has 1 aromatic heterocycles. The van der Waals surface area contributed by atoms with Gasteiger partial charge in [-0.2, -0.15) is 0 Å². The highest BCUT2D eigenvalue weighted by Gasteiger charge is 2.47. The molecule has 2 aromatic rings. The van der Waals surface area contributed by atoms with Gasteiger partial charge in [0.25, 0.3) is 0 Å². The van der Waals surface area contributed by atoms with E-state index in [1.165, 1.54) is 5.69 Å². The fourth-order valence-electron chi connectivity index (χ4n) is 4.99. The second kappa shape index (κ2) is 9.34. The van der Waals surface area contributed by atoms with Crippen molar-refractivity contribution in [2.45, 2.75) is 52.1 Å². The van der Waals surface area contributed by atoms with Crippen molar-refractivity contribution in [3.8, 4) is 0 Å². The topological polar surface area (TPSA) is 70.4 Å². The van der Waals surface area contributed by atoms with Crippen molar-refractivity contribution in [3.05, 3.63) is 36.2 Å². The summed E-state index contributed by atoms with van der Waals surface area (Å²) in [6, 6.07) is 10.6. The van der Waals surface area contributed by atoms with Crippen molar-refractivity contribution in [1.82, 2.24) is 30.0 Å². The lowest BCUT2D eigenvalue weighted by atomic mass is 9.85. The third-order valence-corrected chi connectivity index (χ3v) is 6.79. The third-order valence-electron chi connectivity index (χ3n) is 6.79. The molecule has 0 spiro atoms. The Morgan fingerprint density at radius 2 is 1.84 bits per heavy atom. The molecule has 8 nitrogen and oxygen atoms in total.